The minimum Gasteiger partial charge on any atom is -0.380 e. The number of halogens is 2. The first kappa shape index (κ1) is 23.0. The average molecular weight is 491 g/mol. The SMILES string of the molecule is CCS(=O)Cn1nc(-c2cnc3c(F)cc(F)cn23)c2cnc(C(O)N3CCCOCC3)cc21. The monoisotopic (exact) mass is 490 g/mol. The van der Waals surface area contributed by atoms with Crippen LogP contribution in [-0.2, 0) is 21.4 Å². The molecule has 0 aromatic carbocycles. The van der Waals surface area contributed by atoms with E-state index < -0.39 is 28.7 Å². The Morgan fingerprint density at radius 1 is 1.21 bits per heavy atom. The molecule has 1 fully saturated rings. The highest BCUT2D eigenvalue weighted by molar-refractivity contribution is 7.83. The second-order valence-corrected chi connectivity index (χ2v) is 9.77. The molecule has 5 rings (SSSR count). The minimum atomic E-state index is -1.18. The smallest absolute Gasteiger partial charge is 0.173 e. The van der Waals surface area contributed by atoms with Gasteiger partial charge >= 0.3 is 0 Å². The standard InChI is InChI=1S/C22H24F2N6O3S/c1-2-34(32)13-30-18-9-17(22(31)28-4-3-6-33-7-5-28)25-10-15(18)20(27-30)19-11-26-21-16(24)8-14(23)12-29(19)21/h8-12,22,31H,2-7,13H2,1H3. The Balaban J connectivity index is 1.63. The van der Waals surface area contributed by atoms with Crippen molar-refractivity contribution in [1.29, 1.82) is 0 Å². The fourth-order valence-corrected chi connectivity index (χ4v) is 4.78. The van der Waals surface area contributed by atoms with Gasteiger partial charge in [0.05, 0.1) is 29.7 Å². The van der Waals surface area contributed by atoms with E-state index in [1.165, 1.54) is 10.6 Å². The summed E-state index contributed by atoms with van der Waals surface area (Å²) in [5, 5.41) is 16.2. The lowest BCUT2D eigenvalue weighted by atomic mass is 10.2. The number of pyridine rings is 2. The van der Waals surface area contributed by atoms with Crippen LogP contribution in [-0.4, -0.2) is 70.4 Å². The van der Waals surface area contributed by atoms with Gasteiger partial charge in [-0.3, -0.25) is 23.2 Å². The van der Waals surface area contributed by atoms with E-state index in [2.05, 4.69) is 15.1 Å². The predicted octanol–water partition coefficient (Wildman–Crippen LogP) is 2.46. The number of hydrogen-bond acceptors (Lipinski definition) is 7. The highest BCUT2D eigenvalue weighted by Gasteiger charge is 2.24. The summed E-state index contributed by atoms with van der Waals surface area (Å²) in [6.07, 6.45) is 4.00. The highest BCUT2D eigenvalue weighted by atomic mass is 32.2. The molecule has 4 aromatic rings. The van der Waals surface area contributed by atoms with Gasteiger partial charge < -0.3 is 9.84 Å². The molecule has 1 aliphatic rings. The second-order valence-electron chi connectivity index (χ2n) is 8.05. The van der Waals surface area contributed by atoms with E-state index in [9.17, 15) is 18.1 Å². The van der Waals surface area contributed by atoms with Crippen LogP contribution in [0, 0.1) is 11.6 Å². The average Bonchev–Trinajstić information content (AvgIpc) is 3.28. The number of imidazole rings is 1. The topological polar surface area (TPSA) is 97.8 Å². The number of rotatable bonds is 6. The van der Waals surface area contributed by atoms with Crippen LogP contribution in [0.1, 0.15) is 25.3 Å². The summed E-state index contributed by atoms with van der Waals surface area (Å²) < 4.78 is 48.9. The molecule has 34 heavy (non-hydrogen) atoms. The Bertz CT molecular complexity index is 1370. The fraction of sp³-hybridized carbons (Fsp3) is 0.409. The summed E-state index contributed by atoms with van der Waals surface area (Å²) in [5.74, 6) is -0.960. The van der Waals surface area contributed by atoms with E-state index in [0.717, 1.165) is 18.7 Å². The fourth-order valence-electron chi connectivity index (χ4n) is 4.13. The summed E-state index contributed by atoms with van der Waals surface area (Å²) in [6, 6.07) is 2.50. The number of aliphatic hydroxyl groups excluding tert-OH is 1. The highest BCUT2D eigenvalue weighted by Crippen LogP contribution is 2.31. The lowest BCUT2D eigenvalue weighted by Crippen LogP contribution is -2.31. The molecule has 1 N–H and O–H groups in total. The zero-order chi connectivity index (χ0) is 23.8. The van der Waals surface area contributed by atoms with E-state index in [-0.39, 0.29) is 11.5 Å². The molecule has 2 unspecified atom stereocenters. The van der Waals surface area contributed by atoms with Gasteiger partial charge in [-0.15, -0.1) is 0 Å². The molecule has 0 aliphatic carbocycles. The molecular weight excluding hydrogens is 466 g/mol. The Labute approximate surface area is 196 Å². The van der Waals surface area contributed by atoms with Gasteiger partial charge in [-0.05, 0) is 12.5 Å². The van der Waals surface area contributed by atoms with Crippen molar-refractivity contribution < 1.29 is 22.8 Å². The van der Waals surface area contributed by atoms with E-state index >= 15 is 0 Å². The molecule has 5 heterocycles. The maximum absolute atomic E-state index is 14.2. The summed E-state index contributed by atoms with van der Waals surface area (Å²) in [5.41, 5.74) is 1.79. The molecular formula is C22H24F2N6O3S. The normalized spacial score (nSPS) is 17.3. The number of hydrogen-bond donors (Lipinski definition) is 1. The largest absolute Gasteiger partial charge is 0.380 e. The minimum absolute atomic E-state index is 0.0281. The summed E-state index contributed by atoms with van der Waals surface area (Å²) in [7, 11) is -1.18. The van der Waals surface area contributed by atoms with Crippen molar-refractivity contribution >= 4 is 27.3 Å². The van der Waals surface area contributed by atoms with Gasteiger partial charge in [0.15, 0.2) is 17.7 Å². The maximum atomic E-state index is 14.2. The molecule has 4 aromatic heterocycles. The molecule has 0 spiro atoms. The first-order valence-corrected chi connectivity index (χ1v) is 12.5. The van der Waals surface area contributed by atoms with Crippen molar-refractivity contribution in [3.8, 4) is 11.4 Å². The number of nitrogens with zero attached hydrogens (tertiary/aromatic N) is 6. The van der Waals surface area contributed by atoms with Crippen molar-refractivity contribution in [3.63, 3.8) is 0 Å². The number of aliphatic hydroxyl groups is 1. The van der Waals surface area contributed by atoms with Crippen LogP contribution in [0.4, 0.5) is 8.78 Å². The van der Waals surface area contributed by atoms with Crippen LogP contribution in [0.15, 0.2) is 30.7 Å². The molecule has 1 aliphatic heterocycles. The molecule has 180 valence electrons. The first-order valence-electron chi connectivity index (χ1n) is 11.0. The quantitative estimate of drug-likeness (QED) is 0.443. The van der Waals surface area contributed by atoms with Gasteiger partial charge in [0.2, 0.25) is 0 Å². The van der Waals surface area contributed by atoms with Crippen LogP contribution < -0.4 is 0 Å². The first-order chi connectivity index (χ1) is 16.5. The van der Waals surface area contributed by atoms with Gasteiger partial charge in [0.25, 0.3) is 0 Å². The Morgan fingerprint density at radius 2 is 2.06 bits per heavy atom. The Kier molecular flexibility index (Phi) is 6.38. The Morgan fingerprint density at radius 3 is 2.88 bits per heavy atom. The van der Waals surface area contributed by atoms with Crippen LogP contribution in [0.2, 0.25) is 0 Å². The molecule has 1 saturated heterocycles. The van der Waals surface area contributed by atoms with Crippen molar-refractivity contribution in [2.75, 3.05) is 32.1 Å². The number of aromatic nitrogens is 5. The van der Waals surface area contributed by atoms with Crippen molar-refractivity contribution in [1.82, 2.24) is 29.0 Å². The number of ether oxygens (including phenoxy) is 1. The third-order valence-corrected chi connectivity index (χ3v) is 7.06. The van der Waals surface area contributed by atoms with Gasteiger partial charge in [-0.1, -0.05) is 6.92 Å². The maximum Gasteiger partial charge on any atom is 0.173 e. The molecule has 12 heteroatoms. The van der Waals surface area contributed by atoms with Crippen molar-refractivity contribution in [2.45, 2.75) is 25.4 Å². The van der Waals surface area contributed by atoms with Crippen LogP contribution in [0.25, 0.3) is 27.9 Å². The zero-order valence-electron chi connectivity index (χ0n) is 18.5. The molecule has 0 saturated carbocycles. The van der Waals surface area contributed by atoms with Crippen molar-refractivity contribution in [3.05, 3.63) is 48.1 Å². The van der Waals surface area contributed by atoms with Gasteiger partial charge in [-0.2, -0.15) is 5.10 Å². The predicted molar refractivity (Wildman–Crippen MR) is 122 cm³/mol. The molecule has 9 nitrogen and oxygen atoms in total. The van der Waals surface area contributed by atoms with Gasteiger partial charge in [0, 0.05) is 60.1 Å². The lowest BCUT2D eigenvalue weighted by Gasteiger charge is -2.25. The van der Waals surface area contributed by atoms with Gasteiger partial charge in [0.1, 0.15) is 17.4 Å². The third-order valence-electron chi connectivity index (χ3n) is 5.88. The van der Waals surface area contributed by atoms with Crippen molar-refractivity contribution in [2.24, 2.45) is 0 Å². The lowest BCUT2D eigenvalue weighted by molar-refractivity contribution is -0.00247. The van der Waals surface area contributed by atoms with Crippen LogP contribution in [0.5, 0.6) is 0 Å². The molecule has 0 amide bonds. The summed E-state index contributed by atoms with van der Waals surface area (Å²) in [4.78, 5) is 10.4. The molecule has 0 radical (unpaired) electrons. The van der Waals surface area contributed by atoms with Crippen LogP contribution in [0.3, 0.4) is 0 Å². The van der Waals surface area contributed by atoms with E-state index in [1.807, 2.05) is 11.8 Å². The van der Waals surface area contributed by atoms with E-state index in [4.69, 9.17) is 4.74 Å². The number of fused-ring (bicyclic) bond motifs is 2. The zero-order valence-corrected chi connectivity index (χ0v) is 19.3. The summed E-state index contributed by atoms with van der Waals surface area (Å²) >= 11 is 0. The Hall–Kier alpha value is -2.80. The molecule has 0 bridgehead atoms. The van der Waals surface area contributed by atoms with E-state index in [0.29, 0.717) is 60.0 Å². The summed E-state index contributed by atoms with van der Waals surface area (Å²) in [6.45, 7) is 4.23. The second kappa shape index (κ2) is 9.45. The van der Waals surface area contributed by atoms with E-state index in [1.54, 1.807) is 16.9 Å². The third kappa shape index (κ3) is 4.22. The van der Waals surface area contributed by atoms with Crippen LogP contribution >= 0.6 is 0 Å². The molecule has 2 atom stereocenters. The van der Waals surface area contributed by atoms with Gasteiger partial charge in [-0.25, -0.2) is 13.8 Å².